The molecule has 0 spiro atoms. The van der Waals surface area contributed by atoms with Gasteiger partial charge in [-0.15, -0.1) is 0 Å². The number of hydrogen-bond acceptors (Lipinski definition) is 5. The van der Waals surface area contributed by atoms with Crippen molar-refractivity contribution in [2.75, 3.05) is 13.2 Å². The molecule has 5 atom stereocenters. The summed E-state index contributed by atoms with van der Waals surface area (Å²) in [5, 5.41) is 40.8. The average molecular weight is 219 g/mol. The maximum Gasteiger partial charge on any atom is 0.108 e. The number of unbranched alkanes of at least 4 members (excludes halogenated alkanes) is 1. The number of hydrogen-bond donors (Lipinski definition) is 5. The lowest BCUT2D eigenvalue weighted by Gasteiger charge is -2.22. The summed E-state index contributed by atoms with van der Waals surface area (Å²) in [6.07, 6.45) is -1.22. The molecule has 1 aliphatic carbocycles. The van der Waals surface area contributed by atoms with Gasteiger partial charge in [0, 0.05) is 12.0 Å². The van der Waals surface area contributed by atoms with Crippen LogP contribution in [0.4, 0.5) is 0 Å². The molecular weight excluding hydrogens is 198 g/mol. The predicted octanol–water partition coefficient (Wildman–Crippen LogP) is -1.55. The topological polar surface area (TPSA) is 93.0 Å². The Hall–Kier alpha value is -0.200. The lowest BCUT2D eigenvalue weighted by atomic mass is 10.0. The van der Waals surface area contributed by atoms with E-state index < -0.39 is 30.3 Å². The maximum absolute atomic E-state index is 9.65. The zero-order valence-corrected chi connectivity index (χ0v) is 9.00. The van der Waals surface area contributed by atoms with Gasteiger partial charge in [-0.3, -0.25) is 0 Å². The van der Waals surface area contributed by atoms with E-state index in [1.165, 1.54) is 0 Å². The number of rotatable bonds is 5. The van der Waals surface area contributed by atoms with Gasteiger partial charge >= 0.3 is 0 Å². The van der Waals surface area contributed by atoms with Gasteiger partial charge in [0.25, 0.3) is 0 Å². The zero-order valence-electron chi connectivity index (χ0n) is 9.00. The fourth-order valence-corrected chi connectivity index (χ4v) is 2.07. The van der Waals surface area contributed by atoms with Crippen molar-refractivity contribution >= 4 is 0 Å². The highest BCUT2D eigenvalue weighted by Crippen LogP contribution is 2.27. The van der Waals surface area contributed by atoms with Crippen molar-refractivity contribution in [1.29, 1.82) is 0 Å². The second kappa shape index (κ2) is 5.77. The van der Waals surface area contributed by atoms with Gasteiger partial charge in [-0.05, 0) is 13.0 Å². The van der Waals surface area contributed by atoms with Crippen LogP contribution in [0.3, 0.4) is 0 Å². The Morgan fingerprint density at radius 3 is 2.27 bits per heavy atom. The molecule has 1 fully saturated rings. The minimum absolute atomic E-state index is 0.237. The first-order valence-corrected chi connectivity index (χ1v) is 5.52. The summed E-state index contributed by atoms with van der Waals surface area (Å²) in [6, 6.07) is -0.424. The first kappa shape index (κ1) is 12.9. The standard InChI is InChI=1S/C10H21NO4/c1-2-3-4-11-7-6(5-12)8(13)10(15)9(7)14/h6-15H,2-5H2,1H3/t6-,7+,8-,9-,10-/m0/s1. The van der Waals surface area contributed by atoms with Gasteiger partial charge in [0.1, 0.15) is 6.10 Å². The van der Waals surface area contributed by atoms with Crippen molar-refractivity contribution in [3.8, 4) is 0 Å². The van der Waals surface area contributed by atoms with Crippen LogP contribution >= 0.6 is 0 Å². The van der Waals surface area contributed by atoms with Gasteiger partial charge in [-0.2, -0.15) is 0 Å². The monoisotopic (exact) mass is 219 g/mol. The molecule has 0 aromatic heterocycles. The summed E-state index contributed by atoms with van der Waals surface area (Å²) in [5.41, 5.74) is 0. The molecule has 0 radical (unpaired) electrons. The van der Waals surface area contributed by atoms with E-state index in [1.54, 1.807) is 0 Å². The van der Waals surface area contributed by atoms with Crippen molar-refractivity contribution in [3.63, 3.8) is 0 Å². The van der Waals surface area contributed by atoms with E-state index in [4.69, 9.17) is 5.11 Å². The summed E-state index contributed by atoms with van der Waals surface area (Å²) >= 11 is 0. The van der Waals surface area contributed by atoms with Gasteiger partial charge in [0.2, 0.25) is 0 Å². The third-order valence-electron chi connectivity index (χ3n) is 3.09. The fourth-order valence-electron chi connectivity index (χ4n) is 2.07. The Kier molecular flexibility index (Phi) is 4.95. The molecular formula is C10H21NO4. The van der Waals surface area contributed by atoms with Crippen LogP contribution < -0.4 is 5.32 Å². The Morgan fingerprint density at radius 2 is 1.73 bits per heavy atom. The summed E-state index contributed by atoms with van der Waals surface area (Å²) in [4.78, 5) is 0. The SMILES string of the molecule is CCCCN[C@H]1[C@H](O)[C@@H](O)[C@@H](O)[C@H]1CO. The van der Waals surface area contributed by atoms with Gasteiger partial charge in [-0.1, -0.05) is 13.3 Å². The first-order chi connectivity index (χ1) is 7.13. The summed E-state index contributed by atoms with van der Waals surface area (Å²) < 4.78 is 0. The molecule has 0 saturated heterocycles. The normalized spacial score (nSPS) is 41.0. The van der Waals surface area contributed by atoms with Crippen LogP contribution in [0.15, 0.2) is 0 Å². The molecule has 0 aliphatic heterocycles. The van der Waals surface area contributed by atoms with Crippen LogP contribution in [0.2, 0.25) is 0 Å². The van der Waals surface area contributed by atoms with Crippen molar-refractivity contribution < 1.29 is 20.4 Å². The van der Waals surface area contributed by atoms with Crippen LogP contribution in [-0.4, -0.2) is 57.9 Å². The molecule has 0 unspecified atom stereocenters. The largest absolute Gasteiger partial charge is 0.396 e. The van der Waals surface area contributed by atoms with Gasteiger partial charge < -0.3 is 25.7 Å². The molecule has 0 bridgehead atoms. The number of nitrogens with one attached hydrogen (secondary N) is 1. The van der Waals surface area contributed by atoms with E-state index in [2.05, 4.69) is 12.2 Å². The van der Waals surface area contributed by atoms with Crippen molar-refractivity contribution in [2.45, 2.75) is 44.1 Å². The Labute approximate surface area is 89.7 Å². The van der Waals surface area contributed by atoms with Gasteiger partial charge in [0.15, 0.2) is 0 Å². The van der Waals surface area contributed by atoms with E-state index >= 15 is 0 Å². The molecule has 5 heteroatoms. The van der Waals surface area contributed by atoms with E-state index in [-0.39, 0.29) is 6.61 Å². The Morgan fingerprint density at radius 1 is 1.07 bits per heavy atom. The van der Waals surface area contributed by atoms with E-state index in [0.717, 1.165) is 12.8 Å². The minimum Gasteiger partial charge on any atom is -0.396 e. The second-order valence-corrected chi connectivity index (χ2v) is 4.15. The number of aliphatic hydroxyl groups is 4. The smallest absolute Gasteiger partial charge is 0.108 e. The molecule has 0 aromatic rings. The average Bonchev–Trinajstić information content (AvgIpc) is 2.44. The molecule has 0 heterocycles. The maximum atomic E-state index is 9.65. The van der Waals surface area contributed by atoms with Crippen molar-refractivity contribution in [1.82, 2.24) is 5.32 Å². The molecule has 1 saturated carbocycles. The van der Waals surface area contributed by atoms with Crippen LogP contribution in [0.5, 0.6) is 0 Å². The molecule has 90 valence electrons. The first-order valence-electron chi connectivity index (χ1n) is 5.52. The summed E-state index contributed by atoms with van der Waals surface area (Å²) in [7, 11) is 0. The quantitative estimate of drug-likeness (QED) is 0.361. The van der Waals surface area contributed by atoms with Gasteiger partial charge in [-0.25, -0.2) is 0 Å². The molecule has 1 aliphatic rings. The summed E-state index contributed by atoms with van der Waals surface area (Å²) in [5.74, 6) is -0.494. The number of aliphatic hydroxyl groups excluding tert-OH is 4. The Balaban J connectivity index is 2.52. The van der Waals surface area contributed by atoms with Crippen LogP contribution in [0.1, 0.15) is 19.8 Å². The van der Waals surface area contributed by atoms with Crippen LogP contribution in [0.25, 0.3) is 0 Å². The van der Waals surface area contributed by atoms with Crippen LogP contribution in [0, 0.1) is 5.92 Å². The lowest BCUT2D eigenvalue weighted by molar-refractivity contribution is -0.0311. The summed E-state index contributed by atoms with van der Waals surface area (Å²) in [6.45, 7) is 2.53. The minimum atomic E-state index is -1.17. The molecule has 1 rings (SSSR count). The predicted molar refractivity (Wildman–Crippen MR) is 55.3 cm³/mol. The van der Waals surface area contributed by atoms with Crippen molar-refractivity contribution in [2.24, 2.45) is 5.92 Å². The van der Waals surface area contributed by atoms with E-state index in [1.807, 2.05) is 0 Å². The highest BCUT2D eigenvalue weighted by Gasteiger charge is 2.47. The van der Waals surface area contributed by atoms with Crippen LogP contribution in [-0.2, 0) is 0 Å². The third-order valence-corrected chi connectivity index (χ3v) is 3.09. The Bertz CT molecular complexity index is 190. The van der Waals surface area contributed by atoms with Gasteiger partial charge in [0.05, 0.1) is 18.8 Å². The lowest BCUT2D eigenvalue weighted by Crippen LogP contribution is -2.44. The van der Waals surface area contributed by atoms with E-state index in [9.17, 15) is 15.3 Å². The molecule has 0 aromatic carbocycles. The zero-order chi connectivity index (χ0) is 11.4. The third kappa shape index (κ3) is 2.68. The molecule has 5 nitrogen and oxygen atoms in total. The molecule has 5 N–H and O–H groups in total. The highest BCUT2D eigenvalue weighted by atomic mass is 16.4. The fraction of sp³-hybridized carbons (Fsp3) is 1.00. The van der Waals surface area contributed by atoms with E-state index in [0.29, 0.717) is 6.54 Å². The molecule has 15 heavy (non-hydrogen) atoms. The highest BCUT2D eigenvalue weighted by molar-refractivity contribution is 5.01. The molecule has 0 amide bonds. The van der Waals surface area contributed by atoms with Crippen molar-refractivity contribution in [3.05, 3.63) is 0 Å². The second-order valence-electron chi connectivity index (χ2n) is 4.15.